The lowest BCUT2D eigenvalue weighted by Gasteiger charge is -2.22. The quantitative estimate of drug-likeness (QED) is 0.881. The van der Waals surface area contributed by atoms with Crippen molar-refractivity contribution < 1.29 is 9.53 Å². The maximum atomic E-state index is 11.7. The molecule has 1 aromatic rings. The number of halogens is 1. The van der Waals surface area contributed by atoms with Crippen LogP contribution in [0.4, 0.5) is 4.79 Å². The molecule has 0 unspecified atom stereocenters. The molecular formula is C14H20BrNO2. The van der Waals surface area contributed by atoms with Gasteiger partial charge in [0, 0.05) is 4.47 Å². The highest BCUT2D eigenvalue weighted by Crippen LogP contribution is 2.24. The van der Waals surface area contributed by atoms with Gasteiger partial charge in [0.2, 0.25) is 0 Å². The van der Waals surface area contributed by atoms with Crippen molar-refractivity contribution in [2.75, 3.05) is 0 Å². The summed E-state index contributed by atoms with van der Waals surface area (Å²) >= 11 is 3.49. The summed E-state index contributed by atoms with van der Waals surface area (Å²) in [6.45, 7) is 9.50. The number of nitrogens with one attached hydrogen (secondary N) is 1. The summed E-state index contributed by atoms with van der Waals surface area (Å²) in [6.07, 6.45) is -0.400. The van der Waals surface area contributed by atoms with Gasteiger partial charge in [-0.15, -0.1) is 0 Å². The fraction of sp³-hybridized carbons (Fsp3) is 0.500. The Hall–Kier alpha value is -1.03. The minimum atomic E-state index is -0.479. The van der Waals surface area contributed by atoms with Crippen molar-refractivity contribution in [3.8, 4) is 0 Å². The lowest BCUT2D eigenvalue weighted by Crippen LogP contribution is -2.34. The molecule has 0 radical (unpaired) electrons. The third kappa shape index (κ3) is 4.69. The molecule has 1 rings (SSSR count). The van der Waals surface area contributed by atoms with E-state index in [1.165, 1.54) is 0 Å². The van der Waals surface area contributed by atoms with Crippen LogP contribution in [0.3, 0.4) is 0 Å². The Bertz CT molecular complexity index is 438. The topological polar surface area (TPSA) is 38.3 Å². The average molecular weight is 314 g/mol. The first kappa shape index (κ1) is 15.0. The van der Waals surface area contributed by atoms with Gasteiger partial charge in [-0.3, -0.25) is 0 Å². The average Bonchev–Trinajstić information content (AvgIpc) is 2.18. The fourth-order valence-corrected chi connectivity index (χ4v) is 2.15. The Morgan fingerprint density at radius 2 is 2.00 bits per heavy atom. The van der Waals surface area contributed by atoms with Gasteiger partial charge in [-0.1, -0.05) is 33.6 Å². The van der Waals surface area contributed by atoms with Crippen molar-refractivity contribution >= 4 is 22.0 Å². The Balaban J connectivity index is 2.73. The molecule has 3 nitrogen and oxygen atoms in total. The van der Waals surface area contributed by atoms with Crippen LogP contribution in [-0.2, 0) is 4.74 Å². The summed E-state index contributed by atoms with van der Waals surface area (Å²) in [7, 11) is 0. The summed E-state index contributed by atoms with van der Waals surface area (Å²) < 4.78 is 6.22. The molecule has 1 N–H and O–H groups in total. The molecule has 1 atom stereocenters. The number of benzene rings is 1. The first-order valence-corrected chi connectivity index (χ1v) is 6.74. The Kier molecular flexibility index (Phi) is 4.79. The molecule has 0 aliphatic carbocycles. The molecule has 0 saturated carbocycles. The third-order valence-electron chi connectivity index (χ3n) is 2.35. The lowest BCUT2D eigenvalue weighted by atomic mass is 10.1. The smallest absolute Gasteiger partial charge is 0.408 e. The number of carbonyl (C=O) groups is 1. The van der Waals surface area contributed by atoms with Crippen LogP contribution in [0.1, 0.15) is 44.9 Å². The highest BCUT2D eigenvalue weighted by molar-refractivity contribution is 9.10. The van der Waals surface area contributed by atoms with E-state index in [0.29, 0.717) is 0 Å². The number of hydrogen-bond donors (Lipinski definition) is 1. The lowest BCUT2D eigenvalue weighted by molar-refractivity contribution is 0.0508. The van der Waals surface area contributed by atoms with Crippen molar-refractivity contribution in [1.29, 1.82) is 0 Å². The predicted molar refractivity (Wildman–Crippen MR) is 76.7 cm³/mol. The van der Waals surface area contributed by atoms with Crippen molar-refractivity contribution in [2.24, 2.45) is 0 Å². The van der Waals surface area contributed by atoms with Crippen LogP contribution >= 0.6 is 15.9 Å². The van der Waals surface area contributed by atoms with Crippen LogP contribution in [0.25, 0.3) is 0 Å². The van der Waals surface area contributed by atoms with Gasteiger partial charge in [-0.05, 0) is 46.2 Å². The summed E-state index contributed by atoms with van der Waals surface area (Å²) in [5.74, 6) is 0. The molecular weight excluding hydrogens is 294 g/mol. The van der Waals surface area contributed by atoms with E-state index < -0.39 is 11.7 Å². The third-order valence-corrected chi connectivity index (χ3v) is 3.07. The van der Waals surface area contributed by atoms with Gasteiger partial charge in [-0.2, -0.15) is 0 Å². The summed E-state index contributed by atoms with van der Waals surface area (Å²) in [6, 6.07) is 5.95. The number of aryl methyl sites for hydroxylation is 1. The zero-order chi connectivity index (χ0) is 13.9. The van der Waals surface area contributed by atoms with Crippen LogP contribution in [0.15, 0.2) is 22.7 Å². The minimum Gasteiger partial charge on any atom is -0.444 e. The Morgan fingerprint density at radius 3 is 2.56 bits per heavy atom. The van der Waals surface area contributed by atoms with Gasteiger partial charge >= 0.3 is 6.09 Å². The predicted octanol–water partition coefficient (Wildman–Crippen LogP) is 4.34. The minimum absolute atomic E-state index is 0.103. The van der Waals surface area contributed by atoms with Gasteiger partial charge in [0.1, 0.15) is 5.60 Å². The number of amides is 1. The first-order chi connectivity index (χ1) is 8.19. The van der Waals surface area contributed by atoms with Crippen LogP contribution in [0.5, 0.6) is 0 Å². The summed E-state index contributed by atoms with van der Waals surface area (Å²) in [5, 5.41) is 2.83. The monoisotopic (exact) mass is 313 g/mol. The molecule has 0 heterocycles. The first-order valence-electron chi connectivity index (χ1n) is 5.94. The number of rotatable bonds is 2. The normalized spacial score (nSPS) is 13.0. The largest absolute Gasteiger partial charge is 0.444 e. The molecule has 0 fully saturated rings. The van der Waals surface area contributed by atoms with Gasteiger partial charge in [-0.25, -0.2) is 4.79 Å². The Labute approximate surface area is 117 Å². The van der Waals surface area contributed by atoms with Crippen LogP contribution in [0.2, 0.25) is 0 Å². The van der Waals surface area contributed by atoms with E-state index in [2.05, 4.69) is 21.2 Å². The van der Waals surface area contributed by atoms with E-state index in [1.807, 2.05) is 52.8 Å². The van der Waals surface area contributed by atoms with E-state index in [-0.39, 0.29) is 6.04 Å². The van der Waals surface area contributed by atoms with Crippen LogP contribution in [0, 0.1) is 6.92 Å². The van der Waals surface area contributed by atoms with Crippen molar-refractivity contribution in [3.63, 3.8) is 0 Å². The molecule has 0 saturated heterocycles. The van der Waals surface area contributed by atoms with Crippen LogP contribution < -0.4 is 5.32 Å². The molecule has 1 amide bonds. The number of alkyl carbamates (subject to hydrolysis) is 1. The molecule has 4 heteroatoms. The fourth-order valence-electron chi connectivity index (χ4n) is 1.56. The maximum absolute atomic E-state index is 11.7. The van der Waals surface area contributed by atoms with Crippen LogP contribution in [-0.4, -0.2) is 11.7 Å². The highest BCUT2D eigenvalue weighted by Gasteiger charge is 2.19. The van der Waals surface area contributed by atoms with Crippen molar-refractivity contribution in [3.05, 3.63) is 33.8 Å². The zero-order valence-corrected chi connectivity index (χ0v) is 13.1. The van der Waals surface area contributed by atoms with E-state index >= 15 is 0 Å². The van der Waals surface area contributed by atoms with Gasteiger partial charge in [0.15, 0.2) is 0 Å². The van der Waals surface area contributed by atoms with E-state index in [4.69, 9.17) is 4.74 Å². The highest BCUT2D eigenvalue weighted by atomic mass is 79.9. The standard InChI is InChI=1S/C14H20BrNO2/c1-9-6-7-12(15)11(8-9)10(2)16-13(17)18-14(3,4)5/h6-8,10H,1-5H3,(H,16,17)/t10-/m1/s1. The van der Waals surface area contributed by atoms with Gasteiger partial charge < -0.3 is 10.1 Å². The molecule has 0 bridgehead atoms. The maximum Gasteiger partial charge on any atom is 0.408 e. The summed E-state index contributed by atoms with van der Waals surface area (Å²) in [4.78, 5) is 11.7. The summed E-state index contributed by atoms with van der Waals surface area (Å²) in [5.41, 5.74) is 1.72. The zero-order valence-electron chi connectivity index (χ0n) is 11.5. The van der Waals surface area contributed by atoms with E-state index in [1.54, 1.807) is 0 Å². The molecule has 0 aromatic heterocycles. The molecule has 100 valence electrons. The molecule has 0 aliphatic heterocycles. The molecule has 0 aliphatic rings. The second kappa shape index (κ2) is 5.74. The molecule has 0 spiro atoms. The molecule has 1 aromatic carbocycles. The van der Waals surface area contributed by atoms with Gasteiger partial charge in [0.05, 0.1) is 6.04 Å². The molecule has 18 heavy (non-hydrogen) atoms. The van der Waals surface area contributed by atoms with Crippen molar-refractivity contribution in [1.82, 2.24) is 5.32 Å². The van der Waals surface area contributed by atoms with E-state index in [9.17, 15) is 4.79 Å². The van der Waals surface area contributed by atoms with Crippen molar-refractivity contribution in [2.45, 2.75) is 46.3 Å². The Morgan fingerprint density at radius 1 is 1.39 bits per heavy atom. The second-order valence-corrected chi connectivity index (χ2v) is 6.25. The number of hydrogen-bond acceptors (Lipinski definition) is 2. The van der Waals surface area contributed by atoms with Gasteiger partial charge in [0.25, 0.3) is 0 Å². The number of carbonyl (C=O) groups excluding carboxylic acids is 1. The second-order valence-electron chi connectivity index (χ2n) is 5.39. The SMILES string of the molecule is Cc1ccc(Br)c([C@@H](C)NC(=O)OC(C)(C)C)c1. The number of ether oxygens (including phenoxy) is 1. The van der Waals surface area contributed by atoms with E-state index in [0.717, 1.165) is 15.6 Å².